The number of benzene rings is 2. The summed E-state index contributed by atoms with van der Waals surface area (Å²) >= 11 is 12.3. The Morgan fingerprint density at radius 2 is 1.88 bits per heavy atom. The molecule has 1 saturated heterocycles. The van der Waals surface area contributed by atoms with Crippen molar-refractivity contribution in [2.45, 2.75) is 13.0 Å². The van der Waals surface area contributed by atoms with Crippen LogP contribution in [-0.4, -0.2) is 35.7 Å². The molecule has 0 bridgehead atoms. The topological polar surface area (TPSA) is 33.1 Å². The molecule has 1 aliphatic rings. The molecule has 6 heteroatoms. The summed E-state index contributed by atoms with van der Waals surface area (Å²) in [5.41, 5.74) is 3.28. The first-order chi connectivity index (χ1) is 12.2. The molecule has 0 amide bonds. The van der Waals surface area contributed by atoms with Crippen molar-refractivity contribution in [3.05, 3.63) is 58.1 Å². The summed E-state index contributed by atoms with van der Waals surface area (Å²) in [5, 5.41) is 4.62. The largest absolute Gasteiger partial charge is 0.341 e. The molecular formula is C19H20Cl2N4. The van der Waals surface area contributed by atoms with E-state index in [1.807, 2.05) is 24.3 Å². The molecule has 2 heterocycles. The minimum atomic E-state index is 0.583. The lowest BCUT2D eigenvalue weighted by molar-refractivity contribution is 0.722. The standard InChI is InChI=1S/C19H20Cl2N4/c20-15-7-6-14(12-16(15)21)13-25-18-5-2-1-4-17(18)23-19(25)24-10-3-8-22-9-11-24/h1-2,4-7,12,22H,3,8-11,13H2. The van der Waals surface area contributed by atoms with E-state index in [2.05, 4.69) is 33.0 Å². The molecule has 1 fully saturated rings. The lowest BCUT2D eigenvalue weighted by Crippen LogP contribution is -2.30. The number of halogens is 2. The van der Waals surface area contributed by atoms with Crippen molar-refractivity contribution in [1.29, 1.82) is 0 Å². The highest BCUT2D eigenvalue weighted by atomic mass is 35.5. The van der Waals surface area contributed by atoms with Crippen LogP contribution in [0.15, 0.2) is 42.5 Å². The number of imidazole rings is 1. The van der Waals surface area contributed by atoms with Crippen LogP contribution in [0.4, 0.5) is 5.95 Å². The zero-order valence-corrected chi connectivity index (χ0v) is 15.4. The third-order valence-corrected chi connectivity index (χ3v) is 5.32. The number of nitrogens with one attached hydrogen (secondary N) is 1. The first-order valence-corrected chi connectivity index (χ1v) is 9.33. The summed E-state index contributed by atoms with van der Waals surface area (Å²) in [5.74, 6) is 1.02. The van der Waals surface area contributed by atoms with Gasteiger partial charge in [0.25, 0.3) is 0 Å². The molecule has 0 atom stereocenters. The Hall–Kier alpha value is -1.75. The minimum absolute atomic E-state index is 0.583. The van der Waals surface area contributed by atoms with Crippen LogP contribution in [0.5, 0.6) is 0 Å². The molecular weight excluding hydrogens is 355 g/mol. The molecule has 0 aliphatic carbocycles. The molecule has 1 N–H and O–H groups in total. The first kappa shape index (κ1) is 16.7. The van der Waals surface area contributed by atoms with E-state index in [0.717, 1.165) is 61.7 Å². The molecule has 3 aromatic rings. The third-order valence-electron chi connectivity index (χ3n) is 4.58. The van der Waals surface area contributed by atoms with Gasteiger partial charge in [0.1, 0.15) is 0 Å². The summed E-state index contributed by atoms with van der Waals surface area (Å²) in [4.78, 5) is 7.29. The smallest absolute Gasteiger partial charge is 0.206 e. The Morgan fingerprint density at radius 3 is 2.76 bits per heavy atom. The lowest BCUT2D eigenvalue weighted by Gasteiger charge is -2.22. The summed E-state index contributed by atoms with van der Waals surface area (Å²) in [6, 6.07) is 14.1. The predicted octanol–water partition coefficient (Wildman–Crippen LogP) is 4.19. The van der Waals surface area contributed by atoms with E-state index in [4.69, 9.17) is 28.2 Å². The van der Waals surface area contributed by atoms with Gasteiger partial charge in [-0.15, -0.1) is 0 Å². The fourth-order valence-electron chi connectivity index (χ4n) is 3.33. The van der Waals surface area contributed by atoms with Crippen LogP contribution in [-0.2, 0) is 6.54 Å². The average Bonchev–Trinajstić information content (AvgIpc) is 2.80. The van der Waals surface area contributed by atoms with Gasteiger partial charge in [-0.25, -0.2) is 4.98 Å². The highest BCUT2D eigenvalue weighted by Gasteiger charge is 2.18. The zero-order chi connectivity index (χ0) is 17.2. The van der Waals surface area contributed by atoms with E-state index >= 15 is 0 Å². The van der Waals surface area contributed by atoms with E-state index in [1.165, 1.54) is 0 Å². The van der Waals surface area contributed by atoms with Gasteiger partial charge in [-0.05, 0) is 42.8 Å². The van der Waals surface area contributed by atoms with Crippen LogP contribution >= 0.6 is 23.2 Å². The molecule has 1 aliphatic heterocycles. The van der Waals surface area contributed by atoms with E-state index in [1.54, 1.807) is 0 Å². The van der Waals surface area contributed by atoms with E-state index < -0.39 is 0 Å². The van der Waals surface area contributed by atoms with Gasteiger partial charge in [0, 0.05) is 19.6 Å². The number of hydrogen-bond acceptors (Lipinski definition) is 3. The van der Waals surface area contributed by atoms with Gasteiger partial charge in [0.2, 0.25) is 5.95 Å². The molecule has 4 rings (SSSR count). The van der Waals surface area contributed by atoms with Crippen molar-refractivity contribution in [2.24, 2.45) is 0 Å². The predicted molar refractivity (Wildman–Crippen MR) is 105 cm³/mol. The van der Waals surface area contributed by atoms with Gasteiger partial charge in [-0.3, -0.25) is 0 Å². The number of hydrogen-bond donors (Lipinski definition) is 1. The van der Waals surface area contributed by atoms with Gasteiger partial charge in [0.05, 0.1) is 27.6 Å². The summed E-state index contributed by atoms with van der Waals surface area (Å²) in [6.07, 6.45) is 1.12. The highest BCUT2D eigenvalue weighted by molar-refractivity contribution is 6.42. The van der Waals surface area contributed by atoms with Crippen molar-refractivity contribution in [3.63, 3.8) is 0 Å². The second-order valence-electron chi connectivity index (χ2n) is 6.33. The monoisotopic (exact) mass is 374 g/mol. The number of nitrogens with zero attached hydrogens (tertiary/aromatic N) is 3. The third kappa shape index (κ3) is 3.47. The van der Waals surface area contributed by atoms with Gasteiger partial charge in [-0.2, -0.15) is 0 Å². The van der Waals surface area contributed by atoms with Gasteiger partial charge >= 0.3 is 0 Å². The van der Waals surface area contributed by atoms with Crippen LogP contribution in [0.3, 0.4) is 0 Å². The minimum Gasteiger partial charge on any atom is -0.341 e. The fourth-order valence-corrected chi connectivity index (χ4v) is 3.65. The molecule has 25 heavy (non-hydrogen) atoms. The van der Waals surface area contributed by atoms with Gasteiger partial charge in [-0.1, -0.05) is 41.4 Å². The van der Waals surface area contributed by atoms with Crippen LogP contribution in [0.25, 0.3) is 11.0 Å². The molecule has 0 saturated carbocycles. The Labute approximate surface area is 157 Å². The number of anilines is 1. The maximum atomic E-state index is 6.21. The Kier molecular flexibility index (Phi) is 4.84. The fraction of sp³-hybridized carbons (Fsp3) is 0.316. The molecule has 2 aromatic carbocycles. The van der Waals surface area contributed by atoms with Crippen molar-refractivity contribution in [2.75, 3.05) is 31.1 Å². The molecule has 0 radical (unpaired) electrons. The second kappa shape index (κ2) is 7.24. The van der Waals surface area contributed by atoms with Crippen molar-refractivity contribution < 1.29 is 0 Å². The SMILES string of the molecule is Clc1ccc(Cn2c(N3CCCNCC3)nc3ccccc32)cc1Cl. The maximum Gasteiger partial charge on any atom is 0.206 e. The van der Waals surface area contributed by atoms with Gasteiger partial charge in [0.15, 0.2) is 0 Å². The van der Waals surface area contributed by atoms with Crippen molar-refractivity contribution >= 4 is 40.2 Å². The zero-order valence-electron chi connectivity index (χ0n) is 13.9. The summed E-state index contributed by atoms with van der Waals surface area (Å²) in [7, 11) is 0. The number of para-hydroxylation sites is 2. The normalized spacial score (nSPS) is 15.5. The maximum absolute atomic E-state index is 6.21. The van der Waals surface area contributed by atoms with Crippen LogP contribution in [0.1, 0.15) is 12.0 Å². The van der Waals surface area contributed by atoms with E-state index in [-0.39, 0.29) is 0 Å². The first-order valence-electron chi connectivity index (χ1n) is 8.57. The Balaban J connectivity index is 1.77. The molecule has 130 valence electrons. The lowest BCUT2D eigenvalue weighted by atomic mass is 10.2. The molecule has 4 nitrogen and oxygen atoms in total. The molecule has 1 aromatic heterocycles. The second-order valence-corrected chi connectivity index (χ2v) is 7.14. The average molecular weight is 375 g/mol. The Bertz CT molecular complexity index is 882. The van der Waals surface area contributed by atoms with Crippen LogP contribution < -0.4 is 10.2 Å². The van der Waals surface area contributed by atoms with E-state index in [9.17, 15) is 0 Å². The summed E-state index contributed by atoms with van der Waals surface area (Å²) in [6.45, 7) is 4.73. The van der Waals surface area contributed by atoms with Crippen LogP contribution in [0.2, 0.25) is 10.0 Å². The number of aromatic nitrogens is 2. The van der Waals surface area contributed by atoms with E-state index in [0.29, 0.717) is 10.0 Å². The number of fused-ring (bicyclic) bond motifs is 1. The van der Waals surface area contributed by atoms with Gasteiger partial charge < -0.3 is 14.8 Å². The molecule has 0 unspecified atom stereocenters. The molecule has 0 spiro atoms. The van der Waals surface area contributed by atoms with Crippen LogP contribution in [0, 0.1) is 0 Å². The quantitative estimate of drug-likeness (QED) is 0.745. The highest BCUT2D eigenvalue weighted by Crippen LogP contribution is 2.27. The summed E-state index contributed by atoms with van der Waals surface area (Å²) < 4.78 is 2.28. The van der Waals surface area contributed by atoms with Crippen molar-refractivity contribution in [1.82, 2.24) is 14.9 Å². The Morgan fingerprint density at radius 1 is 1.00 bits per heavy atom. The van der Waals surface area contributed by atoms with Crippen molar-refractivity contribution in [3.8, 4) is 0 Å². The number of rotatable bonds is 3.